The van der Waals surface area contributed by atoms with Crippen LogP contribution in [0.4, 0.5) is 17.1 Å². The number of aliphatic hydroxyl groups is 1. The molecule has 6 nitrogen and oxygen atoms in total. The molecule has 0 aliphatic heterocycles. The third-order valence-electron chi connectivity index (χ3n) is 4.51. The summed E-state index contributed by atoms with van der Waals surface area (Å²) in [5, 5.41) is 17.6. The van der Waals surface area contributed by atoms with Gasteiger partial charge in [0.05, 0.1) is 17.1 Å². The average molecular weight is 404 g/mol. The first-order valence-corrected chi connectivity index (χ1v) is 9.98. The maximum absolute atomic E-state index is 10.6. The van der Waals surface area contributed by atoms with Crippen molar-refractivity contribution in [3.05, 3.63) is 64.9 Å². The number of anilines is 3. The Balaban J connectivity index is 1.70. The summed E-state index contributed by atoms with van der Waals surface area (Å²) in [7, 11) is 4.00. The van der Waals surface area contributed by atoms with E-state index in [-0.39, 0.29) is 0 Å². The number of nitrogens with one attached hydrogen (secondary N) is 2. The van der Waals surface area contributed by atoms with E-state index in [1.54, 1.807) is 19.3 Å². The minimum Gasteiger partial charge on any atom is -0.376 e. The summed E-state index contributed by atoms with van der Waals surface area (Å²) >= 11 is 1.39. The third-order valence-corrected chi connectivity index (χ3v) is 5.49. The molecule has 0 saturated carbocycles. The Morgan fingerprint density at radius 1 is 1.14 bits per heavy atom. The molecule has 0 aliphatic carbocycles. The summed E-state index contributed by atoms with van der Waals surface area (Å²) in [5.74, 6) is 6.03. The Kier molecular flexibility index (Phi) is 4.97. The van der Waals surface area contributed by atoms with Gasteiger partial charge in [0, 0.05) is 49.0 Å². The average Bonchev–Trinajstić information content (AvgIpc) is 3.39. The van der Waals surface area contributed by atoms with Crippen molar-refractivity contribution >= 4 is 39.4 Å². The molecule has 0 saturated heterocycles. The Hall–Kier alpha value is -3.34. The highest BCUT2D eigenvalue weighted by Crippen LogP contribution is 2.31. The molecule has 4 rings (SSSR count). The molecule has 1 unspecified atom stereocenters. The number of aromatic amines is 1. The van der Waals surface area contributed by atoms with Crippen LogP contribution in [-0.4, -0.2) is 34.2 Å². The first-order valence-electron chi connectivity index (χ1n) is 9.10. The van der Waals surface area contributed by atoms with Crippen LogP contribution < -0.4 is 10.2 Å². The summed E-state index contributed by atoms with van der Waals surface area (Å²) < 4.78 is 0. The lowest BCUT2D eigenvalue weighted by molar-refractivity contribution is 0.122. The number of thiazole rings is 1. The van der Waals surface area contributed by atoms with E-state index >= 15 is 0 Å². The summed E-state index contributed by atoms with van der Waals surface area (Å²) in [6.07, 6.45) is 5.31. The van der Waals surface area contributed by atoms with Gasteiger partial charge in [0.1, 0.15) is 10.7 Å². The van der Waals surface area contributed by atoms with Gasteiger partial charge in [-0.2, -0.15) is 0 Å². The predicted molar refractivity (Wildman–Crippen MR) is 119 cm³/mol. The second-order valence-corrected chi connectivity index (χ2v) is 7.90. The van der Waals surface area contributed by atoms with Crippen molar-refractivity contribution in [2.24, 2.45) is 0 Å². The summed E-state index contributed by atoms with van der Waals surface area (Å²) in [6.45, 7) is 1.66. The molecule has 0 bridgehead atoms. The van der Waals surface area contributed by atoms with Crippen LogP contribution in [0.15, 0.2) is 54.3 Å². The molecule has 3 heterocycles. The van der Waals surface area contributed by atoms with Crippen LogP contribution in [0.25, 0.3) is 11.0 Å². The smallest absolute Gasteiger partial charge is 0.174 e. The molecular weight excluding hydrogens is 382 g/mol. The van der Waals surface area contributed by atoms with Gasteiger partial charge >= 0.3 is 0 Å². The standard InChI is InChI=1S/C22H21N5OS/c1-22(28,21-25-12-13-29-21)9-6-15-4-5-19(27(2)3)18(14-15)26-17-8-11-24-20-16(17)7-10-23-20/h4-5,7-8,10-14,28H,1-3H3,(H2,23,24,26). The second kappa shape index (κ2) is 7.59. The Morgan fingerprint density at radius 3 is 2.76 bits per heavy atom. The molecule has 0 fully saturated rings. The number of hydrogen-bond acceptors (Lipinski definition) is 6. The first-order chi connectivity index (χ1) is 13.9. The molecule has 1 atom stereocenters. The van der Waals surface area contributed by atoms with Crippen molar-refractivity contribution < 1.29 is 5.11 Å². The lowest BCUT2D eigenvalue weighted by Gasteiger charge is -2.19. The second-order valence-electron chi connectivity index (χ2n) is 7.01. The Bertz CT molecular complexity index is 1200. The van der Waals surface area contributed by atoms with Gasteiger partial charge in [-0.3, -0.25) is 0 Å². The van der Waals surface area contributed by atoms with Crippen LogP contribution in [0.1, 0.15) is 17.5 Å². The normalized spacial score (nSPS) is 12.8. The number of pyridine rings is 1. The van der Waals surface area contributed by atoms with Gasteiger partial charge in [0.15, 0.2) is 5.60 Å². The summed E-state index contributed by atoms with van der Waals surface area (Å²) in [5.41, 5.74) is 3.25. The number of hydrogen-bond donors (Lipinski definition) is 3. The molecule has 3 aromatic heterocycles. The van der Waals surface area contributed by atoms with Crippen molar-refractivity contribution in [2.75, 3.05) is 24.3 Å². The van der Waals surface area contributed by atoms with Gasteiger partial charge in [-0.25, -0.2) is 9.97 Å². The van der Waals surface area contributed by atoms with Crippen molar-refractivity contribution in [3.8, 4) is 11.8 Å². The molecule has 0 spiro atoms. The molecule has 4 aromatic rings. The predicted octanol–water partition coefficient (Wildman–Crippen LogP) is 4.09. The SMILES string of the molecule is CN(C)c1ccc(C#CC(C)(O)c2nccs2)cc1Nc1ccnc2[nH]ccc12. The fourth-order valence-electron chi connectivity index (χ4n) is 3.03. The maximum Gasteiger partial charge on any atom is 0.174 e. The minimum absolute atomic E-state index is 0.583. The minimum atomic E-state index is -1.29. The number of fused-ring (bicyclic) bond motifs is 1. The zero-order chi connectivity index (χ0) is 20.4. The largest absolute Gasteiger partial charge is 0.376 e. The van der Waals surface area contributed by atoms with E-state index in [1.807, 2.05) is 60.9 Å². The molecule has 7 heteroatoms. The van der Waals surface area contributed by atoms with Gasteiger partial charge in [-0.15, -0.1) is 11.3 Å². The van der Waals surface area contributed by atoms with Gasteiger partial charge in [0.25, 0.3) is 0 Å². The van der Waals surface area contributed by atoms with E-state index in [0.717, 1.165) is 33.7 Å². The molecular formula is C22H21N5OS. The van der Waals surface area contributed by atoms with Crippen molar-refractivity contribution in [1.82, 2.24) is 15.0 Å². The van der Waals surface area contributed by atoms with Crippen LogP contribution in [0.2, 0.25) is 0 Å². The topological polar surface area (TPSA) is 77.1 Å². The van der Waals surface area contributed by atoms with E-state index in [4.69, 9.17) is 0 Å². The summed E-state index contributed by atoms with van der Waals surface area (Å²) in [4.78, 5) is 13.7. The fraction of sp³-hybridized carbons (Fsp3) is 0.182. The molecule has 0 aliphatic rings. The van der Waals surface area contributed by atoms with Crippen LogP contribution >= 0.6 is 11.3 Å². The van der Waals surface area contributed by atoms with Gasteiger partial charge in [-0.05, 0) is 37.3 Å². The van der Waals surface area contributed by atoms with Crippen molar-refractivity contribution in [1.29, 1.82) is 0 Å². The van der Waals surface area contributed by atoms with E-state index < -0.39 is 5.60 Å². The zero-order valence-corrected chi connectivity index (χ0v) is 17.2. The highest BCUT2D eigenvalue weighted by molar-refractivity contribution is 7.09. The zero-order valence-electron chi connectivity index (χ0n) is 16.4. The van der Waals surface area contributed by atoms with Crippen LogP contribution in [0, 0.1) is 11.8 Å². The van der Waals surface area contributed by atoms with E-state index in [0.29, 0.717) is 5.01 Å². The number of nitrogens with zero attached hydrogens (tertiary/aromatic N) is 3. The van der Waals surface area contributed by atoms with E-state index in [1.165, 1.54) is 11.3 Å². The van der Waals surface area contributed by atoms with Crippen molar-refractivity contribution in [3.63, 3.8) is 0 Å². The third kappa shape index (κ3) is 3.94. The lowest BCUT2D eigenvalue weighted by atomic mass is 10.1. The van der Waals surface area contributed by atoms with Crippen LogP contribution in [0.3, 0.4) is 0 Å². The number of benzene rings is 1. The van der Waals surface area contributed by atoms with Gasteiger partial charge in [0.2, 0.25) is 0 Å². The number of aromatic nitrogens is 3. The van der Waals surface area contributed by atoms with Crippen LogP contribution in [0.5, 0.6) is 0 Å². The highest BCUT2D eigenvalue weighted by Gasteiger charge is 2.22. The number of H-pyrrole nitrogens is 1. The quantitative estimate of drug-likeness (QED) is 0.448. The molecule has 1 aromatic carbocycles. The van der Waals surface area contributed by atoms with Gasteiger partial charge in [-0.1, -0.05) is 11.8 Å². The lowest BCUT2D eigenvalue weighted by Crippen LogP contribution is -2.18. The molecule has 29 heavy (non-hydrogen) atoms. The Morgan fingerprint density at radius 2 is 2.00 bits per heavy atom. The highest BCUT2D eigenvalue weighted by atomic mass is 32.1. The number of rotatable bonds is 4. The molecule has 0 amide bonds. The first kappa shape index (κ1) is 19.0. The van der Waals surface area contributed by atoms with E-state index in [2.05, 4.69) is 32.1 Å². The van der Waals surface area contributed by atoms with Crippen LogP contribution in [-0.2, 0) is 5.60 Å². The monoisotopic (exact) mass is 403 g/mol. The maximum atomic E-state index is 10.6. The van der Waals surface area contributed by atoms with Gasteiger partial charge < -0.3 is 20.3 Å². The Labute approximate surface area is 173 Å². The summed E-state index contributed by atoms with van der Waals surface area (Å²) in [6, 6.07) is 9.89. The molecule has 0 radical (unpaired) electrons. The van der Waals surface area contributed by atoms with E-state index in [9.17, 15) is 5.11 Å². The molecule has 3 N–H and O–H groups in total. The van der Waals surface area contributed by atoms with Crippen molar-refractivity contribution in [2.45, 2.75) is 12.5 Å². The fourth-order valence-corrected chi connectivity index (χ4v) is 3.68. The molecule has 146 valence electrons.